The summed E-state index contributed by atoms with van der Waals surface area (Å²) in [4.78, 5) is 24.4. The smallest absolute Gasteiger partial charge is 0.322 e. The Morgan fingerprint density at radius 2 is 1.68 bits per heavy atom. The molecule has 0 bridgehead atoms. The summed E-state index contributed by atoms with van der Waals surface area (Å²) >= 11 is 0. The van der Waals surface area contributed by atoms with Gasteiger partial charge >= 0.3 is 6.03 Å². The normalized spacial score (nSPS) is 25.0. The largest absolute Gasteiger partial charge is 0.501 e. The lowest BCUT2D eigenvalue weighted by Crippen LogP contribution is -2.46. The minimum absolute atomic E-state index is 0.0384. The lowest BCUT2D eigenvalue weighted by atomic mass is 10.0. The fourth-order valence-electron chi connectivity index (χ4n) is 4.78. The van der Waals surface area contributed by atoms with Crippen molar-refractivity contribution in [2.75, 3.05) is 13.2 Å². The zero-order chi connectivity index (χ0) is 23.8. The number of fused-ring (bicyclic) bond motifs is 1. The molecule has 2 fully saturated rings. The van der Waals surface area contributed by atoms with E-state index in [1.165, 1.54) is 12.3 Å². The maximum absolute atomic E-state index is 12.5. The fourth-order valence-corrected chi connectivity index (χ4v) is 4.78. The van der Waals surface area contributed by atoms with Crippen molar-refractivity contribution in [1.82, 2.24) is 10.6 Å². The van der Waals surface area contributed by atoms with Gasteiger partial charge in [-0.25, -0.2) is 4.79 Å². The van der Waals surface area contributed by atoms with E-state index in [4.69, 9.17) is 14.2 Å². The van der Waals surface area contributed by atoms with E-state index in [0.29, 0.717) is 32.8 Å². The number of ether oxygens (including phenoxy) is 3. The third kappa shape index (κ3) is 6.24. The Morgan fingerprint density at radius 3 is 2.35 bits per heavy atom. The molecule has 180 valence electrons. The summed E-state index contributed by atoms with van der Waals surface area (Å²) in [6.07, 6.45) is 3.99. The Bertz CT molecular complexity index is 981. The molecule has 2 aromatic rings. The van der Waals surface area contributed by atoms with E-state index >= 15 is 0 Å². The summed E-state index contributed by atoms with van der Waals surface area (Å²) in [7, 11) is 0. The van der Waals surface area contributed by atoms with E-state index in [0.717, 1.165) is 17.5 Å². The molecule has 2 N–H and O–H groups in total. The standard InChI is InChI=1S/C27H32N2O5/c1-2-32-14-13-25(30)28-26(31)29-27-15-23(27)22(19-33-17-20-9-5-3-6-10-20)24(16-27)34-18-21-11-7-4-8-12-21/h3-14,22-24H,2,15-19H2,1H3,(H2,28,29,30,31)/b14-13+/t22-,23-,24-,27-/m0/s1. The lowest BCUT2D eigenvalue weighted by Gasteiger charge is -2.23. The van der Waals surface area contributed by atoms with Crippen LogP contribution in [-0.4, -0.2) is 36.8 Å². The summed E-state index contributed by atoms with van der Waals surface area (Å²) in [5, 5.41) is 5.38. The number of nitrogens with one attached hydrogen (secondary N) is 2. The van der Waals surface area contributed by atoms with Gasteiger partial charge in [0.2, 0.25) is 0 Å². The molecule has 0 radical (unpaired) electrons. The molecule has 2 saturated carbocycles. The number of imide groups is 1. The van der Waals surface area contributed by atoms with Gasteiger partial charge in [0.05, 0.1) is 38.8 Å². The predicted octanol–water partition coefficient (Wildman–Crippen LogP) is 3.94. The van der Waals surface area contributed by atoms with Crippen LogP contribution in [0.3, 0.4) is 0 Å². The molecule has 0 heterocycles. The molecule has 0 spiro atoms. The van der Waals surface area contributed by atoms with Crippen LogP contribution in [0.15, 0.2) is 73.0 Å². The maximum atomic E-state index is 12.5. The minimum atomic E-state index is -0.517. The first-order chi connectivity index (χ1) is 16.6. The molecule has 34 heavy (non-hydrogen) atoms. The molecular formula is C27H32N2O5. The molecule has 2 aliphatic carbocycles. The molecule has 0 aliphatic heterocycles. The topological polar surface area (TPSA) is 85.9 Å². The van der Waals surface area contributed by atoms with Gasteiger partial charge in [-0.1, -0.05) is 60.7 Å². The van der Waals surface area contributed by atoms with Crippen LogP contribution < -0.4 is 10.6 Å². The molecule has 2 aliphatic rings. The number of hydrogen-bond donors (Lipinski definition) is 2. The number of urea groups is 1. The highest BCUT2D eigenvalue weighted by molar-refractivity contribution is 6.00. The Kier molecular flexibility index (Phi) is 7.98. The molecule has 7 nitrogen and oxygen atoms in total. The van der Waals surface area contributed by atoms with Gasteiger partial charge in [0.25, 0.3) is 5.91 Å². The quantitative estimate of drug-likeness (QED) is 0.389. The van der Waals surface area contributed by atoms with E-state index < -0.39 is 11.9 Å². The van der Waals surface area contributed by atoms with Gasteiger partial charge in [0.15, 0.2) is 0 Å². The Labute approximate surface area is 200 Å². The highest BCUT2D eigenvalue weighted by atomic mass is 16.5. The molecule has 0 aromatic heterocycles. The van der Waals surface area contributed by atoms with Crippen molar-refractivity contribution in [3.63, 3.8) is 0 Å². The molecular weight excluding hydrogens is 432 g/mol. The minimum Gasteiger partial charge on any atom is -0.501 e. The van der Waals surface area contributed by atoms with Crippen molar-refractivity contribution < 1.29 is 23.8 Å². The molecule has 4 rings (SSSR count). The average molecular weight is 465 g/mol. The van der Waals surface area contributed by atoms with Crippen LogP contribution in [0.25, 0.3) is 0 Å². The van der Waals surface area contributed by atoms with Crippen molar-refractivity contribution in [1.29, 1.82) is 0 Å². The summed E-state index contributed by atoms with van der Waals surface area (Å²) in [5.74, 6) is -0.0951. The van der Waals surface area contributed by atoms with Gasteiger partial charge in [-0.2, -0.15) is 0 Å². The van der Waals surface area contributed by atoms with Crippen molar-refractivity contribution in [3.8, 4) is 0 Å². The SMILES string of the molecule is CCO/C=C/C(=O)NC(=O)N[C@@]12C[C@H](OCc3ccccc3)[C@@H](COCc3ccccc3)[C@@H]1C2. The van der Waals surface area contributed by atoms with Gasteiger partial charge in [-0.3, -0.25) is 10.1 Å². The van der Waals surface area contributed by atoms with Crippen LogP contribution in [-0.2, 0) is 32.2 Å². The maximum Gasteiger partial charge on any atom is 0.322 e. The van der Waals surface area contributed by atoms with Crippen LogP contribution in [0.4, 0.5) is 4.79 Å². The van der Waals surface area contributed by atoms with Gasteiger partial charge in [0.1, 0.15) is 0 Å². The highest BCUT2D eigenvalue weighted by Crippen LogP contribution is 2.59. The third-order valence-corrected chi connectivity index (χ3v) is 6.50. The second-order valence-corrected chi connectivity index (χ2v) is 8.87. The van der Waals surface area contributed by atoms with E-state index in [9.17, 15) is 9.59 Å². The van der Waals surface area contributed by atoms with E-state index in [1.807, 2.05) is 67.6 Å². The second-order valence-electron chi connectivity index (χ2n) is 8.87. The number of carbonyl (C=O) groups excluding carboxylic acids is 2. The molecule has 4 atom stereocenters. The summed E-state index contributed by atoms with van der Waals surface area (Å²) in [6, 6.07) is 19.6. The Hall–Kier alpha value is -3.16. The summed E-state index contributed by atoms with van der Waals surface area (Å²) < 4.78 is 17.4. The fraction of sp³-hybridized carbons (Fsp3) is 0.407. The molecule has 2 aromatic carbocycles. The lowest BCUT2D eigenvalue weighted by molar-refractivity contribution is -0.115. The van der Waals surface area contributed by atoms with E-state index in [2.05, 4.69) is 10.6 Å². The zero-order valence-corrected chi connectivity index (χ0v) is 19.4. The first-order valence-electron chi connectivity index (χ1n) is 11.8. The van der Waals surface area contributed by atoms with Crippen molar-refractivity contribution in [2.24, 2.45) is 11.8 Å². The van der Waals surface area contributed by atoms with Crippen LogP contribution in [0.5, 0.6) is 0 Å². The molecule has 0 unspecified atom stereocenters. The van der Waals surface area contributed by atoms with Gasteiger partial charge < -0.3 is 19.5 Å². The van der Waals surface area contributed by atoms with Crippen LogP contribution >= 0.6 is 0 Å². The van der Waals surface area contributed by atoms with E-state index in [1.54, 1.807) is 0 Å². The van der Waals surface area contributed by atoms with Crippen LogP contribution in [0.1, 0.15) is 30.9 Å². The zero-order valence-electron chi connectivity index (χ0n) is 19.4. The van der Waals surface area contributed by atoms with Gasteiger partial charge in [0, 0.05) is 17.5 Å². The number of carbonyl (C=O) groups is 2. The first-order valence-corrected chi connectivity index (χ1v) is 11.8. The number of rotatable bonds is 11. The third-order valence-electron chi connectivity index (χ3n) is 6.50. The van der Waals surface area contributed by atoms with Crippen molar-refractivity contribution in [2.45, 2.75) is 44.6 Å². The van der Waals surface area contributed by atoms with E-state index in [-0.39, 0.29) is 23.5 Å². The number of amides is 3. The molecule has 0 saturated heterocycles. The van der Waals surface area contributed by atoms with Gasteiger partial charge in [-0.05, 0) is 36.8 Å². The predicted molar refractivity (Wildman–Crippen MR) is 128 cm³/mol. The highest BCUT2D eigenvalue weighted by Gasteiger charge is 2.66. The van der Waals surface area contributed by atoms with Crippen molar-refractivity contribution >= 4 is 11.9 Å². The van der Waals surface area contributed by atoms with Gasteiger partial charge in [-0.15, -0.1) is 0 Å². The van der Waals surface area contributed by atoms with Crippen molar-refractivity contribution in [3.05, 3.63) is 84.1 Å². The Balaban J connectivity index is 1.35. The first kappa shape index (κ1) is 24.0. The van der Waals surface area contributed by atoms with Crippen LogP contribution in [0, 0.1) is 11.8 Å². The molecule has 3 amide bonds. The monoisotopic (exact) mass is 464 g/mol. The Morgan fingerprint density at radius 1 is 1.00 bits per heavy atom. The number of hydrogen-bond acceptors (Lipinski definition) is 5. The van der Waals surface area contributed by atoms with Crippen LogP contribution in [0.2, 0.25) is 0 Å². The summed E-state index contributed by atoms with van der Waals surface area (Å²) in [5.41, 5.74) is 1.87. The number of benzene rings is 2. The average Bonchev–Trinajstić information content (AvgIpc) is 3.45. The summed E-state index contributed by atoms with van der Waals surface area (Å²) in [6.45, 7) is 3.88. The second kappa shape index (κ2) is 11.3. The molecule has 7 heteroatoms.